The third-order valence-electron chi connectivity index (χ3n) is 3.50. The van der Waals surface area contributed by atoms with E-state index in [1.807, 2.05) is 0 Å². The number of ether oxygens (including phenoxy) is 3. The highest BCUT2D eigenvalue weighted by Gasteiger charge is 2.21. The van der Waals surface area contributed by atoms with Crippen molar-refractivity contribution in [2.24, 2.45) is 0 Å². The summed E-state index contributed by atoms with van der Waals surface area (Å²) in [4.78, 5) is 24.7. The molecule has 0 aromatic heterocycles. The molecular weight excluding hydrogens is 317 g/mol. The van der Waals surface area contributed by atoms with Crippen LogP contribution in [0.5, 0.6) is 17.2 Å². The van der Waals surface area contributed by atoms with Crippen molar-refractivity contribution in [2.45, 2.75) is 6.42 Å². The molecule has 1 aliphatic heterocycles. The van der Waals surface area contributed by atoms with Crippen LogP contribution in [0.4, 0.5) is 4.39 Å². The molecule has 0 unspecified atom stereocenters. The van der Waals surface area contributed by atoms with Gasteiger partial charge in [-0.1, -0.05) is 6.08 Å². The van der Waals surface area contributed by atoms with E-state index in [9.17, 15) is 14.0 Å². The monoisotopic (exact) mass is 335 g/mol. The lowest BCUT2D eigenvalue weighted by atomic mass is 10.1. The molecule has 0 aliphatic carbocycles. The lowest BCUT2D eigenvalue weighted by molar-refractivity contribution is -0.139. The van der Waals surface area contributed by atoms with Gasteiger partial charge in [0.25, 0.3) is 11.8 Å². The zero-order valence-electron chi connectivity index (χ0n) is 13.7. The molecule has 0 fully saturated rings. The van der Waals surface area contributed by atoms with Crippen LogP contribution in [0.3, 0.4) is 0 Å². The van der Waals surface area contributed by atoms with Crippen molar-refractivity contribution in [3.8, 4) is 17.2 Å². The number of carbonyl (C=O) groups excluding carboxylic acids is 2. The van der Waals surface area contributed by atoms with Gasteiger partial charge in [-0.15, -0.1) is 0 Å². The molecule has 128 valence electrons. The van der Waals surface area contributed by atoms with Crippen LogP contribution in [0.25, 0.3) is 5.83 Å². The molecule has 1 aromatic carbocycles. The summed E-state index contributed by atoms with van der Waals surface area (Å²) in [6.07, 6.45) is 4.30. The fourth-order valence-corrected chi connectivity index (χ4v) is 2.30. The minimum atomic E-state index is -0.804. The molecule has 2 amide bonds. The molecule has 0 bridgehead atoms. The predicted octanol–water partition coefficient (Wildman–Crippen LogP) is 2.34. The number of amides is 2. The molecule has 1 heterocycles. The zero-order valence-corrected chi connectivity index (χ0v) is 13.7. The van der Waals surface area contributed by atoms with Crippen molar-refractivity contribution in [3.05, 3.63) is 35.9 Å². The average Bonchev–Trinajstić information content (AvgIpc) is 2.60. The summed E-state index contributed by atoms with van der Waals surface area (Å²) in [6, 6.07) is 2.77. The molecule has 0 N–H and O–H groups in total. The number of methoxy groups -OCH3 is 3. The number of rotatable bonds is 5. The van der Waals surface area contributed by atoms with E-state index in [4.69, 9.17) is 14.2 Å². The number of hydrogen-bond acceptors (Lipinski definition) is 5. The van der Waals surface area contributed by atoms with Crippen LogP contribution in [-0.4, -0.2) is 44.6 Å². The molecule has 0 saturated carbocycles. The molecule has 0 saturated heterocycles. The maximum Gasteiger partial charge on any atom is 0.256 e. The Balaban J connectivity index is 2.34. The number of imide groups is 1. The number of hydrogen-bond donors (Lipinski definition) is 0. The summed E-state index contributed by atoms with van der Waals surface area (Å²) < 4.78 is 29.9. The number of nitrogens with zero attached hydrogens (tertiary/aromatic N) is 1. The molecule has 24 heavy (non-hydrogen) atoms. The molecule has 0 radical (unpaired) electrons. The molecule has 0 atom stereocenters. The van der Waals surface area contributed by atoms with E-state index in [0.717, 1.165) is 11.0 Å². The van der Waals surface area contributed by atoms with Gasteiger partial charge in [-0.2, -0.15) is 0 Å². The second-order valence-corrected chi connectivity index (χ2v) is 4.93. The predicted molar refractivity (Wildman–Crippen MR) is 85.7 cm³/mol. The molecule has 7 heteroatoms. The van der Waals surface area contributed by atoms with Gasteiger partial charge in [-0.25, -0.2) is 4.39 Å². The summed E-state index contributed by atoms with van der Waals surface area (Å²) in [5.41, 5.74) is 0.0813. The van der Waals surface area contributed by atoms with E-state index in [2.05, 4.69) is 0 Å². The van der Waals surface area contributed by atoms with Crippen LogP contribution >= 0.6 is 0 Å². The van der Waals surface area contributed by atoms with Crippen molar-refractivity contribution >= 4 is 17.6 Å². The molecule has 6 nitrogen and oxygen atoms in total. The second kappa shape index (κ2) is 7.63. The molecular formula is C17H18FNO5. The van der Waals surface area contributed by atoms with Crippen LogP contribution in [-0.2, 0) is 9.59 Å². The van der Waals surface area contributed by atoms with Crippen LogP contribution in [0, 0.1) is 0 Å². The Hall–Kier alpha value is -2.83. The Bertz CT molecular complexity index is 686. The Labute approximate surface area is 139 Å². The first kappa shape index (κ1) is 17.5. The minimum absolute atomic E-state index is 0.0813. The standard InChI is InChI=1S/C17H18FNO5/c1-22-13-8-11(9-14(23-2)17(13)24-3)12(18)10-16(21)19-7-5-4-6-15(19)20/h4,6,8-10H,5,7H2,1-3H3/b12-10+. The first-order chi connectivity index (χ1) is 11.5. The normalized spacial score (nSPS) is 14.6. The highest BCUT2D eigenvalue weighted by atomic mass is 19.1. The summed E-state index contributed by atoms with van der Waals surface area (Å²) >= 11 is 0. The van der Waals surface area contributed by atoms with Crippen LogP contribution in [0.2, 0.25) is 0 Å². The maximum absolute atomic E-state index is 14.5. The van der Waals surface area contributed by atoms with Gasteiger partial charge in [0.15, 0.2) is 11.5 Å². The highest BCUT2D eigenvalue weighted by molar-refractivity contribution is 6.07. The summed E-state index contributed by atoms with van der Waals surface area (Å²) in [6.45, 7) is 0.229. The fourth-order valence-electron chi connectivity index (χ4n) is 2.30. The van der Waals surface area contributed by atoms with Crippen molar-refractivity contribution < 1.29 is 28.2 Å². The average molecular weight is 335 g/mol. The quantitative estimate of drug-likeness (QED) is 0.773. The van der Waals surface area contributed by atoms with Gasteiger partial charge in [-0.05, 0) is 24.6 Å². The van der Waals surface area contributed by atoms with Gasteiger partial charge in [0, 0.05) is 18.2 Å². The van der Waals surface area contributed by atoms with Crippen molar-refractivity contribution in [3.63, 3.8) is 0 Å². The lowest BCUT2D eigenvalue weighted by Gasteiger charge is -2.19. The Morgan fingerprint density at radius 3 is 2.29 bits per heavy atom. The van der Waals surface area contributed by atoms with E-state index in [0.29, 0.717) is 12.2 Å². The summed E-state index contributed by atoms with van der Waals surface area (Å²) in [5, 5.41) is 0. The molecule has 1 aromatic rings. The summed E-state index contributed by atoms with van der Waals surface area (Å²) in [5.74, 6) is -1.13. The van der Waals surface area contributed by atoms with Crippen molar-refractivity contribution in [1.82, 2.24) is 4.90 Å². The van der Waals surface area contributed by atoms with E-state index in [-0.39, 0.29) is 23.6 Å². The Morgan fingerprint density at radius 2 is 1.79 bits per heavy atom. The van der Waals surface area contributed by atoms with Crippen LogP contribution < -0.4 is 14.2 Å². The zero-order chi connectivity index (χ0) is 17.7. The van der Waals surface area contributed by atoms with Gasteiger partial charge < -0.3 is 14.2 Å². The minimum Gasteiger partial charge on any atom is -0.493 e. The largest absolute Gasteiger partial charge is 0.493 e. The second-order valence-electron chi connectivity index (χ2n) is 4.93. The first-order valence-corrected chi connectivity index (χ1v) is 7.21. The number of benzene rings is 1. The van der Waals surface area contributed by atoms with E-state index >= 15 is 0 Å². The fraction of sp³-hybridized carbons (Fsp3) is 0.294. The van der Waals surface area contributed by atoms with E-state index < -0.39 is 17.6 Å². The number of halogens is 1. The van der Waals surface area contributed by atoms with Crippen molar-refractivity contribution in [2.75, 3.05) is 27.9 Å². The number of carbonyl (C=O) groups is 2. The Morgan fingerprint density at radius 1 is 1.17 bits per heavy atom. The summed E-state index contributed by atoms with van der Waals surface area (Å²) in [7, 11) is 4.25. The van der Waals surface area contributed by atoms with E-state index in [1.165, 1.54) is 39.5 Å². The molecule has 1 aliphatic rings. The lowest BCUT2D eigenvalue weighted by Crippen LogP contribution is -2.37. The van der Waals surface area contributed by atoms with Gasteiger partial charge in [0.2, 0.25) is 5.75 Å². The van der Waals surface area contributed by atoms with Gasteiger partial charge >= 0.3 is 0 Å². The van der Waals surface area contributed by atoms with Crippen LogP contribution in [0.15, 0.2) is 30.4 Å². The van der Waals surface area contributed by atoms with Gasteiger partial charge in [-0.3, -0.25) is 14.5 Å². The Kier molecular flexibility index (Phi) is 5.57. The van der Waals surface area contributed by atoms with Gasteiger partial charge in [0.1, 0.15) is 5.83 Å². The topological polar surface area (TPSA) is 65.1 Å². The maximum atomic E-state index is 14.5. The van der Waals surface area contributed by atoms with E-state index in [1.54, 1.807) is 6.08 Å². The smallest absolute Gasteiger partial charge is 0.256 e. The molecule has 2 rings (SSSR count). The third kappa shape index (κ3) is 3.56. The third-order valence-corrected chi connectivity index (χ3v) is 3.50. The first-order valence-electron chi connectivity index (χ1n) is 7.21. The van der Waals surface area contributed by atoms with Crippen LogP contribution in [0.1, 0.15) is 12.0 Å². The highest BCUT2D eigenvalue weighted by Crippen LogP contribution is 2.40. The van der Waals surface area contributed by atoms with Crippen molar-refractivity contribution in [1.29, 1.82) is 0 Å². The molecule has 0 spiro atoms. The SMILES string of the molecule is COc1cc(/C(F)=C\C(=O)N2CCC=CC2=O)cc(OC)c1OC. The van der Waals surface area contributed by atoms with Gasteiger partial charge in [0.05, 0.1) is 21.3 Å².